The molecule has 0 amide bonds. The van der Waals surface area contributed by atoms with Crippen molar-refractivity contribution in [2.75, 3.05) is 33.5 Å². The number of likely N-dealkylation sites (tertiary alicyclic amines) is 1. The third-order valence-electron chi connectivity index (χ3n) is 5.28. The van der Waals surface area contributed by atoms with Crippen molar-refractivity contribution in [1.82, 2.24) is 15.5 Å². The second kappa shape index (κ2) is 9.96. The fraction of sp³-hybridized carbons (Fsp3) is 0.650. The number of rotatable bonds is 7. The number of nitrogens with zero attached hydrogens (tertiary/aromatic N) is 2. The number of hydrogen-bond donors (Lipinski definition) is 2. The van der Waals surface area contributed by atoms with Crippen LogP contribution in [0.25, 0.3) is 0 Å². The minimum Gasteiger partial charge on any atom is -0.454 e. The van der Waals surface area contributed by atoms with Gasteiger partial charge in [0.05, 0.1) is 0 Å². The van der Waals surface area contributed by atoms with Crippen LogP contribution in [-0.4, -0.2) is 57.0 Å². The zero-order valence-corrected chi connectivity index (χ0v) is 17.2. The molecule has 0 saturated carbocycles. The Morgan fingerprint density at radius 2 is 2.03 bits per heavy atom. The summed E-state index contributed by atoms with van der Waals surface area (Å²) in [6.45, 7) is 4.89. The predicted octanol–water partition coefficient (Wildman–Crippen LogP) is 2.80. The average Bonchev–Trinajstić information content (AvgIpc) is 3.15. The lowest BCUT2D eigenvalue weighted by molar-refractivity contribution is -0.0505. The number of alkyl halides is 2. The van der Waals surface area contributed by atoms with Crippen LogP contribution in [0.15, 0.2) is 17.1 Å². The van der Waals surface area contributed by atoms with Crippen LogP contribution in [-0.2, 0) is 6.54 Å². The molecule has 1 saturated heterocycles. The van der Waals surface area contributed by atoms with Crippen molar-refractivity contribution >= 4 is 5.96 Å². The third-order valence-corrected chi connectivity index (χ3v) is 5.28. The lowest BCUT2D eigenvalue weighted by atomic mass is 9.97. The zero-order chi connectivity index (χ0) is 20.8. The second-order valence-corrected chi connectivity index (χ2v) is 7.60. The number of fused-ring (bicyclic) bond motifs is 1. The summed E-state index contributed by atoms with van der Waals surface area (Å²) in [6.07, 6.45) is 2.38. The zero-order valence-electron chi connectivity index (χ0n) is 17.2. The van der Waals surface area contributed by atoms with Crippen LogP contribution in [0, 0.1) is 5.92 Å². The number of ether oxygens (including phenoxy) is 3. The van der Waals surface area contributed by atoms with Crippen LogP contribution in [0.4, 0.5) is 8.78 Å². The van der Waals surface area contributed by atoms with Crippen LogP contribution >= 0.6 is 0 Å². The number of nitrogens with one attached hydrogen (secondary N) is 2. The highest BCUT2D eigenvalue weighted by Crippen LogP contribution is 2.38. The summed E-state index contributed by atoms with van der Waals surface area (Å²) in [5.74, 6) is 2.15. The summed E-state index contributed by atoms with van der Waals surface area (Å²) in [5.41, 5.74) is 0.543. The summed E-state index contributed by atoms with van der Waals surface area (Å²) in [7, 11) is 1.69. The number of hydrogen-bond acceptors (Lipinski definition) is 5. The molecule has 162 valence electrons. The molecule has 1 aromatic rings. The Kier molecular flexibility index (Phi) is 7.35. The molecule has 1 atom stereocenters. The monoisotopic (exact) mass is 412 g/mol. The average molecular weight is 412 g/mol. The molecule has 2 heterocycles. The number of piperidine rings is 1. The Labute approximate surface area is 170 Å². The third kappa shape index (κ3) is 5.85. The van der Waals surface area contributed by atoms with E-state index in [1.54, 1.807) is 13.1 Å². The van der Waals surface area contributed by atoms with Crippen molar-refractivity contribution in [2.45, 2.75) is 45.9 Å². The standard InChI is InChI=1S/C20H30F2N4O3/c1-13(2)26-6-4-5-14(11-26)9-24-20(23-3)25-10-15-7-17-18(28-12-27-17)8-16(15)29-19(21)22/h7-8,13-14,19H,4-6,9-12H2,1-3H3,(H2,23,24,25). The smallest absolute Gasteiger partial charge is 0.387 e. The van der Waals surface area contributed by atoms with Crippen molar-refractivity contribution < 1.29 is 23.0 Å². The van der Waals surface area contributed by atoms with Gasteiger partial charge in [0.2, 0.25) is 6.79 Å². The van der Waals surface area contributed by atoms with Crippen LogP contribution in [0.2, 0.25) is 0 Å². The second-order valence-electron chi connectivity index (χ2n) is 7.60. The highest BCUT2D eigenvalue weighted by atomic mass is 19.3. The molecule has 2 aliphatic rings. The molecule has 2 N–H and O–H groups in total. The molecule has 3 rings (SSSR count). The van der Waals surface area contributed by atoms with E-state index >= 15 is 0 Å². The quantitative estimate of drug-likeness (QED) is 0.530. The molecule has 0 spiro atoms. The Morgan fingerprint density at radius 1 is 1.28 bits per heavy atom. The molecular formula is C20H30F2N4O3. The van der Waals surface area contributed by atoms with Gasteiger partial charge in [0, 0.05) is 44.4 Å². The molecule has 29 heavy (non-hydrogen) atoms. The van der Waals surface area contributed by atoms with E-state index in [1.165, 1.54) is 18.9 Å². The van der Waals surface area contributed by atoms with Gasteiger partial charge >= 0.3 is 6.61 Å². The van der Waals surface area contributed by atoms with Crippen LogP contribution in [0.3, 0.4) is 0 Å². The summed E-state index contributed by atoms with van der Waals surface area (Å²) < 4.78 is 40.8. The topological polar surface area (TPSA) is 67.4 Å². The highest BCUT2D eigenvalue weighted by Gasteiger charge is 2.22. The van der Waals surface area contributed by atoms with E-state index < -0.39 is 6.61 Å². The first-order chi connectivity index (χ1) is 14.0. The summed E-state index contributed by atoms with van der Waals surface area (Å²) >= 11 is 0. The predicted molar refractivity (Wildman–Crippen MR) is 107 cm³/mol. The van der Waals surface area contributed by atoms with E-state index in [1.807, 2.05) is 0 Å². The maximum Gasteiger partial charge on any atom is 0.387 e. The lowest BCUT2D eigenvalue weighted by Gasteiger charge is -2.35. The van der Waals surface area contributed by atoms with Crippen LogP contribution < -0.4 is 24.8 Å². The Balaban J connectivity index is 1.56. The van der Waals surface area contributed by atoms with E-state index in [0.29, 0.717) is 35.0 Å². The first-order valence-corrected chi connectivity index (χ1v) is 10.0. The number of aliphatic imine (C=N–C) groups is 1. The maximum atomic E-state index is 12.8. The Bertz CT molecular complexity index is 715. The van der Waals surface area contributed by atoms with Gasteiger partial charge < -0.3 is 29.7 Å². The van der Waals surface area contributed by atoms with Crippen molar-refractivity contribution in [3.05, 3.63) is 17.7 Å². The molecule has 9 heteroatoms. The van der Waals surface area contributed by atoms with Gasteiger partial charge in [0.25, 0.3) is 0 Å². The highest BCUT2D eigenvalue weighted by molar-refractivity contribution is 5.79. The fourth-order valence-electron chi connectivity index (χ4n) is 3.68. The molecule has 1 aromatic carbocycles. The molecular weight excluding hydrogens is 382 g/mol. The van der Waals surface area contributed by atoms with Gasteiger partial charge in [-0.2, -0.15) is 8.78 Å². The summed E-state index contributed by atoms with van der Waals surface area (Å²) in [6, 6.07) is 3.64. The molecule has 2 aliphatic heterocycles. The number of guanidine groups is 1. The largest absolute Gasteiger partial charge is 0.454 e. The first kappa shape index (κ1) is 21.4. The van der Waals surface area contributed by atoms with Crippen LogP contribution in [0.1, 0.15) is 32.3 Å². The van der Waals surface area contributed by atoms with Crippen molar-refractivity contribution in [1.29, 1.82) is 0 Å². The molecule has 0 aromatic heterocycles. The molecule has 0 bridgehead atoms. The Hall–Kier alpha value is -2.29. The normalized spacial score (nSPS) is 19.7. The first-order valence-electron chi connectivity index (χ1n) is 10.0. The molecule has 7 nitrogen and oxygen atoms in total. The minimum absolute atomic E-state index is 0.0621. The molecule has 0 aliphatic carbocycles. The fourth-order valence-corrected chi connectivity index (χ4v) is 3.68. The molecule has 1 unspecified atom stereocenters. The van der Waals surface area contributed by atoms with Crippen molar-refractivity contribution in [3.63, 3.8) is 0 Å². The summed E-state index contributed by atoms with van der Waals surface area (Å²) in [4.78, 5) is 6.73. The minimum atomic E-state index is -2.92. The van der Waals surface area contributed by atoms with Gasteiger partial charge in [0.1, 0.15) is 5.75 Å². The summed E-state index contributed by atoms with van der Waals surface area (Å²) in [5, 5.41) is 6.52. The number of benzene rings is 1. The van der Waals surface area contributed by atoms with Gasteiger partial charge in [-0.1, -0.05) is 0 Å². The van der Waals surface area contributed by atoms with E-state index in [2.05, 4.69) is 39.1 Å². The van der Waals surface area contributed by atoms with E-state index in [4.69, 9.17) is 9.47 Å². The van der Waals surface area contributed by atoms with E-state index in [-0.39, 0.29) is 19.1 Å². The SMILES string of the molecule is CN=C(NCc1cc2c(cc1OC(F)F)OCO2)NCC1CCCN(C(C)C)C1. The van der Waals surface area contributed by atoms with Crippen LogP contribution in [0.5, 0.6) is 17.2 Å². The van der Waals surface area contributed by atoms with Gasteiger partial charge in [-0.3, -0.25) is 4.99 Å². The van der Waals surface area contributed by atoms with Crippen molar-refractivity contribution in [3.8, 4) is 17.2 Å². The Morgan fingerprint density at radius 3 is 2.72 bits per heavy atom. The van der Waals surface area contributed by atoms with Gasteiger partial charge in [0.15, 0.2) is 17.5 Å². The maximum absolute atomic E-state index is 12.8. The van der Waals surface area contributed by atoms with Gasteiger partial charge in [-0.15, -0.1) is 0 Å². The lowest BCUT2D eigenvalue weighted by Crippen LogP contribution is -2.46. The van der Waals surface area contributed by atoms with Crippen molar-refractivity contribution in [2.24, 2.45) is 10.9 Å². The van der Waals surface area contributed by atoms with Gasteiger partial charge in [-0.25, -0.2) is 0 Å². The molecule has 1 fully saturated rings. The van der Waals surface area contributed by atoms with E-state index in [0.717, 1.165) is 19.6 Å². The number of halogens is 2. The van der Waals surface area contributed by atoms with Gasteiger partial charge in [-0.05, 0) is 45.2 Å². The van der Waals surface area contributed by atoms with E-state index in [9.17, 15) is 8.78 Å². The molecule has 0 radical (unpaired) electrons.